The Morgan fingerprint density at radius 1 is 1.24 bits per heavy atom. The van der Waals surface area contributed by atoms with Crippen molar-refractivity contribution in [3.8, 4) is 0 Å². The van der Waals surface area contributed by atoms with E-state index < -0.39 is 12.6 Å². The molecule has 0 amide bonds. The minimum absolute atomic E-state index is 0.00456. The van der Waals surface area contributed by atoms with E-state index in [2.05, 4.69) is 4.98 Å². The van der Waals surface area contributed by atoms with Gasteiger partial charge in [-0.2, -0.15) is 13.2 Å². The molecular formula is C9H8Cl3F3N2. The predicted molar refractivity (Wildman–Crippen MR) is 63.2 cm³/mol. The molecule has 0 atom stereocenters. The van der Waals surface area contributed by atoms with Gasteiger partial charge in [0.2, 0.25) is 0 Å². The molecule has 8 heteroatoms. The maximum Gasteiger partial charge on any atom is 0.390 e. The first-order valence-electron chi connectivity index (χ1n) is 4.50. The highest BCUT2D eigenvalue weighted by Crippen LogP contribution is 2.31. The van der Waals surface area contributed by atoms with E-state index in [0.717, 1.165) is 0 Å². The molecular weight excluding hydrogens is 299 g/mol. The van der Waals surface area contributed by atoms with Gasteiger partial charge in [0, 0.05) is 13.6 Å². The standard InChI is InChI=1S/C9H8Cl3F3N2/c1-17(3-2-9(13,14)15)8-6(11)4-5(10)7(12)16-8/h4H,2-3H2,1H3. The predicted octanol–water partition coefficient (Wildman–Crippen LogP) is 4.43. The number of hydrogen-bond donors (Lipinski definition) is 0. The third-order valence-electron chi connectivity index (χ3n) is 1.96. The lowest BCUT2D eigenvalue weighted by Crippen LogP contribution is -2.25. The fourth-order valence-corrected chi connectivity index (χ4v) is 1.74. The number of alkyl halides is 3. The Morgan fingerprint density at radius 2 is 1.82 bits per heavy atom. The topological polar surface area (TPSA) is 16.1 Å². The first kappa shape index (κ1) is 14.7. The average Bonchev–Trinajstić information content (AvgIpc) is 2.19. The van der Waals surface area contributed by atoms with Crippen molar-refractivity contribution in [3.05, 3.63) is 21.3 Å². The van der Waals surface area contributed by atoms with E-state index in [1.54, 1.807) is 0 Å². The molecule has 1 rings (SSSR count). The van der Waals surface area contributed by atoms with Crippen molar-refractivity contribution in [1.29, 1.82) is 0 Å². The molecule has 0 aliphatic carbocycles. The van der Waals surface area contributed by atoms with Crippen molar-refractivity contribution in [2.24, 2.45) is 0 Å². The largest absolute Gasteiger partial charge is 0.390 e. The van der Waals surface area contributed by atoms with Gasteiger partial charge in [0.25, 0.3) is 0 Å². The number of pyridine rings is 1. The molecule has 1 aromatic rings. The lowest BCUT2D eigenvalue weighted by molar-refractivity contribution is -0.132. The van der Waals surface area contributed by atoms with Crippen LogP contribution in [0.4, 0.5) is 19.0 Å². The summed E-state index contributed by atoms with van der Waals surface area (Å²) < 4.78 is 36.1. The zero-order chi connectivity index (χ0) is 13.2. The van der Waals surface area contributed by atoms with Crippen molar-refractivity contribution < 1.29 is 13.2 Å². The Hall–Kier alpha value is -0.390. The highest BCUT2D eigenvalue weighted by atomic mass is 35.5. The van der Waals surface area contributed by atoms with Crippen LogP contribution >= 0.6 is 34.8 Å². The summed E-state index contributed by atoms with van der Waals surface area (Å²) in [5.41, 5.74) is 0. The maximum atomic E-state index is 12.0. The summed E-state index contributed by atoms with van der Waals surface area (Å²) in [6.07, 6.45) is -5.18. The first-order valence-corrected chi connectivity index (χ1v) is 5.63. The molecule has 1 aromatic heterocycles. The monoisotopic (exact) mass is 306 g/mol. The lowest BCUT2D eigenvalue weighted by Gasteiger charge is -2.20. The SMILES string of the molecule is CN(CCC(F)(F)F)c1nc(Cl)c(Cl)cc1Cl. The molecule has 0 radical (unpaired) electrons. The van der Waals surface area contributed by atoms with Gasteiger partial charge in [0.15, 0.2) is 0 Å². The Labute approximate surface area is 111 Å². The number of aromatic nitrogens is 1. The Kier molecular flexibility index (Phi) is 4.75. The molecule has 2 nitrogen and oxygen atoms in total. The molecule has 0 spiro atoms. The molecule has 0 saturated carbocycles. The molecule has 0 bridgehead atoms. The van der Waals surface area contributed by atoms with Crippen LogP contribution in [-0.2, 0) is 0 Å². The molecule has 0 aromatic carbocycles. The number of halogens is 6. The molecule has 0 unspecified atom stereocenters. The highest BCUT2D eigenvalue weighted by Gasteiger charge is 2.27. The minimum Gasteiger partial charge on any atom is -0.358 e. The van der Waals surface area contributed by atoms with Crippen molar-refractivity contribution in [3.63, 3.8) is 0 Å². The molecule has 0 aliphatic heterocycles. The van der Waals surface area contributed by atoms with Gasteiger partial charge in [-0.15, -0.1) is 0 Å². The van der Waals surface area contributed by atoms with E-state index in [9.17, 15) is 13.2 Å². The Bertz CT molecular complexity index is 409. The zero-order valence-corrected chi connectivity index (χ0v) is 10.9. The van der Waals surface area contributed by atoms with Crippen LogP contribution in [0.3, 0.4) is 0 Å². The van der Waals surface area contributed by atoms with Crippen LogP contribution in [0.25, 0.3) is 0 Å². The van der Waals surface area contributed by atoms with Gasteiger partial charge in [-0.1, -0.05) is 34.8 Å². The highest BCUT2D eigenvalue weighted by molar-refractivity contribution is 6.42. The normalized spacial score (nSPS) is 11.7. The second-order valence-electron chi connectivity index (χ2n) is 3.35. The second kappa shape index (κ2) is 5.50. The van der Waals surface area contributed by atoms with Crippen LogP contribution in [0.2, 0.25) is 15.2 Å². The summed E-state index contributed by atoms with van der Waals surface area (Å²) in [6, 6.07) is 1.35. The summed E-state index contributed by atoms with van der Waals surface area (Å²) in [5, 5.41) is 0.318. The fraction of sp³-hybridized carbons (Fsp3) is 0.444. The lowest BCUT2D eigenvalue weighted by atomic mass is 10.3. The van der Waals surface area contributed by atoms with Gasteiger partial charge in [0.1, 0.15) is 11.0 Å². The van der Waals surface area contributed by atoms with E-state index in [1.807, 2.05) is 0 Å². The number of hydrogen-bond acceptors (Lipinski definition) is 2. The average molecular weight is 308 g/mol. The summed E-state index contributed by atoms with van der Waals surface area (Å²) in [5.74, 6) is 0.172. The van der Waals surface area contributed by atoms with E-state index >= 15 is 0 Å². The first-order chi connectivity index (χ1) is 7.70. The van der Waals surface area contributed by atoms with Gasteiger partial charge in [-0.25, -0.2) is 4.98 Å². The Balaban J connectivity index is 2.82. The van der Waals surface area contributed by atoms with Crippen molar-refractivity contribution >= 4 is 40.6 Å². The maximum absolute atomic E-state index is 12.0. The van der Waals surface area contributed by atoms with E-state index in [0.29, 0.717) is 0 Å². The van der Waals surface area contributed by atoms with Crippen LogP contribution in [0, 0.1) is 0 Å². The molecule has 1 heterocycles. The van der Waals surface area contributed by atoms with E-state index in [-0.39, 0.29) is 27.6 Å². The minimum atomic E-state index is -4.23. The van der Waals surface area contributed by atoms with Crippen LogP contribution in [0.1, 0.15) is 6.42 Å². The van der Waals surface area contributed by atoms with Gasteiger partial charge in [-0.3, -0.25) is 0 Å². The van der Waals surface area contributed by atoms with Crippen LogP contribution in [0.5, 0.6) is 0 Å². The molecule has 0 saturated heterocycles. The zero-order valence-electron chi connectivity index (χ0n) is 8.65. The number of anilines is 1. The summed E-state index contributed by atoms with van der Waals surface area (Å²) in [6.45, 7) is -0.256. The van der Waals surface area contributed by atoms with Crippen LogP contribution in [0.15, 0.2) is 6.07 Å². The third kappa shape index (κ3) is 4.41. The van der Waals surface area contributed by atoms with Crippen molar-refractivity contribution in [2.75, 3.05) is 18.5 Å². The van der Waals surface area contributed by atoms with E-state index in [1.165, 1.54) is 18.0 Å². The fourth-order valence-electron chi connectivity index (χ4n) is 1.10. The summed E-state index contributed by atoms with van der Waals surface area (Å²) in [7, 11) is 1.45. The van der Waals surface area contributed by atoms with Crippen LogP contribution < -0.4 is 4.90 Å². The Morgan fingerprint density at radius 3 is 2.35 bits per heavy atom. The number of nitrogens with zero attached hydrogens (tertiary/aromatic N) is 2. The molecule has 96 valence electrons. The van der Waals surface area contributed by atoms with Gasteiger partial charge < -0.3 is 4.90 Å². The molecule has 0 aliphatic rings. The van der Waals surface area contributed by atoms with E-state index in [4.69, 9.17) is 34.8 Å². The smallest absolute Gasteiger partial charge is 0.358 e. The molecule has 0 fully saturated rings. The van der Waals surface area contributed by atoms with Gasteiger partial charge in [0.05, 0.1) is 16.5 Å². The van der Waals surface area contributed by atoms with Crippen molar-refractivity contribution in [1.82, 2.24) is 4.98 Å². The molecule has 0 N–H and O–H groups in total. The molecule has 17 heavy (non-hydrogen) atoms. The second-order valence-corrected chi connectivity index (χ2v) is 4.53. The number of rotatable bonds is 3. The van der Waals surface area contributed by atoms with Gasteiger partial charge >= 0.3 is 6.18 Å². The van der Waals surface area contributed by atoms with Gasteiger partial charge in [-0.05, 0) is 6.07 Å². The quantitative estimate of drug-likeness (QED) is 0.768. The summed E-state index contributed by atoms with van der Waals surface area (Å²) in [4.78, 5) is 5.11. The van der Waals surface area contributed by atoms with Crippen molar-refractivity contribution in [2.45, 2.75) is 12.6 Å². The third-order valence-corrected chi connectivity index (χ3v) is 2.91. The van der Waals surface area contributed by atoms with Crippen LogP contribution in [-0.4, -0.2) is 24.8 Å². The summed E-state index contributed by atoms with van der Waals surface area (Å²) >= 11 is 17.2.